The van der Waals surface area contributed by atoms with Crippen molar-refractivity contribution in [1.29, 1.82) is 0 Å². The SMILES string of the molecule is CC(C)CCNC(=S)NNC(=O)Cc1ccc(Cl)cc1Cl. The van der Waals surface area contributed by atoms with Crippen LogP contribution in [0.5, 0.6) is 0 Å². The maximum Gasteiger partial charge on any atom is 0.242 e. The third kappa shape index (κ3) is 7.50. The Kier molecular flexibility index (Phi) is 7.78. The zero-order valence-corrected chi connectivity index (χ0v) is 14.3. The molecule has 0 fully saturated rings. The molecular formula is C14H19Cl2N3OS. The van der Waals surface area contributed by atoms with Gasteiger partial charge in [0.2, 0.25) is 5.91 Å². The van der Waals surface area contributed by atoms with Gasteiger partial charge in [-0.25, -0.2) is 0 Å². The second-order valence-corrected chi connectivity index (χ2v) is 6.28. The molecular weight excluding hydrogens is 329 g/mol. The average molecular weight is 348 g/mol. The predicted molar refractivity (Wildman–Crippen MR) is 91.5 cm³/mol. The van der Waals surface area contributed by atoms with Crippen molar-refractivity contribution >= 4 is 46.4 Å². The summed E-state index contributed by atoms with van der Waals surface area (Å²) < 4.78 is 0. The lowest BCUT2D eigenvalue weighted by Crippen LogP contribution is -2.47. The Hall–Kier alpha value is -1.04. The highest BCUT2D eigenvalue weighted by atomic mass is 35.5. The first kappa shape index (κ1) is 18.0. The number of rotatable bonds is 5. The van der Waals surface area contributed by atoms with Gasteiger partial charge in [0.15, 0.2) is 5.11 Å². The molecule has 0 radical (unpaired) electrons. The van der Waals surface area contributed by atoms with Crippen molar-refractivity contribution in [2.75, 3.05) is 6.54 Å². The number of thiocarbonyl (C=S) groups is 1. The molecule has 0 aliphatic heterocycles. The second-order valence-electron chi connectivity index (χ2n) is 5.02. The molecule has 1 aromatic rings. The van der Waals surface area contributed by atoms with Gasteiger partial charge in [0.25, 0.3) is 0 Å². The second kappa shape index (κ2) is 9.07. The topological polar surface area (TPSA) is 53.2 Å². The van der Waals surface area contributed by atoms with E-state index >= 15 is 0 Å². The van der Waals surface area contributed by atoms with E-state index in [1.165, 1.54) is 0 Å². The standard InChI is InChI=1S/C14H19Cl2N3OS/c1-9(2)5-6-17-14(21)19-18-13(20)7-10-3-4-11(15)8-12(10)16/h3-4,8-9H,5-7H2,1-2H3,(H,18,20)(H2,17,19,21). The summed E-state index contributed by atoms with van der Waals surface area (Å²) in [5.41, 5.74) is 5.89. The number of amides is 1. The molecule has 0 aliphatic carbocycles. The van der Waals surface area contributed by atoms with Crippen LogP contribution in [-0.4, -0.2) is 17.6 Å². The van der Waals surface area contributed by atoms with E-state index < -0.39 is 0 Å². The van der Waals surface area contributed by atoms with Crippen LogP contribution < -0.4 is 16.2 Å². The Bertz CT molecular complexity index is 509. The van der Waals surface area contributed by atoms with Crippen molar-refractivity contribution in [3.05, 3.63) is 33.8 Å². The monoisotopic (exact) mass is 347 g/mol. The Morgan fingerprint density at radius 3 is 2.62 bits per heavy atom. The molecule has 0 atom stereocenters. The smallest absolute Gasteiger partial charge is 0.242 e. The lowest BCUT2D eigenvalue weighted by atomic mass is 10.1. The van der Waals surface area contributed by atoms with Crippen molar-refractivity contribution in [2.24, 2.45) is 5.92 Å². The van der Waals surface area contributed by atoms with Crippen LogP contribution in [0.1, 0.15) is 25.8 Å². The van der Waals surface area contributed by atoms with Crippen molar-refractivity contribution in [3.8, 4) is 0 Å². The molecule has 1 aromatic carbocycles. The number of halogens is 2. The minimum Gasteiger partial charge on any atom is -0.361 e. The van der Waals surface area contributed by atoms with Gasteiger partial charge in [-0.15, -0.1) is 0 Å². The molecule has 4 nitrogen and oxygen atoms in total. The third-order valence-corrected chi connectivity index (χ3v) is 3.52. The van der Waals surface area contributed by atoms with Gasteiger partial charge in [0, 0.05) is 16.6 Å². The molecule has 0 spiro atoms. The molecule has 7 heteroatoms. The van der Waals surface area contributed by atoms with E-state index in [1.807, 2.05) is 0 Å². The summed E-state index contributed by atoms with van der Waals surface area (Å²) in [6.07, 6.45) is 1.16. The fourth-order valence-electron chi connectivity index (χ4n) is 1.53. The van der Waals surface area contributed by atoms with Crippen LogP contribution in [0.3, 0.4) is 0 Å². The molecule has 116 valence electrons. The molecule has 21 heavy (non-hydrogen) atoms. The molecule has 0 heterocycles. The fraction of sp³-hybridized carbons (Fsp3) is 0.429. The van der Waals surface area contributed by atoms with Crippen LogP contribution in [0, 0.1) is 5.92 Å². The molecule has 0 saturated carbocycles. The summed E-state index contributed by atoms with van der Waals surface area (Å²) >= 11 is 16.9. The van der Waals surface area contributed by atoms with Crippen LogP contribution in [0.25, 0.3) is 0 Å². The van der Waals surface area contributed by atoms with E-state index in [0.29, 0.717) is 26.6 Å². The molecule has 0 bridgehead atoms. The minimum absolute atomic E-state index is 0.150. The Morgan fingerprint density at radius 2 is 2.00 bits per heavy atom. The minimum atomic E-state index is -0.229. The van der Waals surface area contributed by atoms with Crippen LogP contribution in [0.4, 0.5) is 0 Å². The lowest BCUT2D eigenvalue weighted by Gasteiger charge is -2.12. The van der Waals surface area contributed by atoms with Crippen molar-refractivity contribution < 1.29 is 4.79 Å². The average Bonchev–Trinajstić information content (AvgIpc) is 2.39. The quantitative estimate of drug-likeness (QED) is 0.565. The third-order valence-electron chi connectivity index (χ3n) is 2.69. The summed E-state index contributed by atoms with van der Waals surface area (Å²) in [5, 5.41) is 4.42. The number of nitrogens with one attached hydrogen (secondary N) is 3. The highest BCUT2D eigenvalue weighted by molar-refractivity contribution is 7.80. The van der Waals surface area contributed by atoms with Gasteiger partial charge in [0.05, 0.1) is 6.42 Å². The zero-order chi connectivity index (χ0) is 15.8. The first-order valence-corrected chi connectivity index (χ1v) is 7.81. The molecule has 0 aromatic heterocycles. The molecule has 0 unspecified atom stereocenters. The first-order valence-electron chi connectivity index (χ1n) is 6.65. The Labute approximate surface area is 140 Å². The van der Waals surface area contributed by atoms with Gasteiger partial charge in [-0.05, 0) is 42.3 Å². The van der Waals surface area contributed by atoms with Crippen molar-refractivity contribution in [2.45, 2.75) is 26.7 Å². The first-order chi connectivity index (χ1) is 9.88. The van der Waals surface area contributed by atoms with Crippen molar-refractivity contribution in [1.82, 2.24) is 16.2 Å². The Balaban J connectivity index is 2.32. The summed E-state index contributed by atoms with van der Waals surface area (Å²) in [6.45, 7) is 5.04. The summed E-state index contributed by atoms with van der Waals surface area (Å²) in [6, 6.07) is 5.03. The van der Waals surface area contributed by atoms with E-state index in [4.69, 9.17) is 35.4 Å². The predicted octanol–water partition coefficient (Wildman–Crippen LogP) is 3.08. The molecule has 3 N–H and O–H groups in total. The molecule has 1 amide bonds. The van der Waals surface area contributed by atoms with Gasteiger partial charge >= 0.3 is 0 Å². The highest BCUT2D eigenvalue weighted by Gasteiger charge is 2.08. The van der Waals surface area contributed by atoms with E-state index in [1.54, 1.807) is 18.2 Å². The summed E-state index contributed by atoms with van der Waals surface area (Å²) in [7, 11) is 0. The number of benzene rings is 1. The van der Waals surface area contributed by atoms with Crippen LogP contribution in [-0.2, 0) is 11.2 Å². The van der Waals surface area contributed by atoms with E-state index in [-0.39, 0.29) is 12.3 Å². The van der Waals surface area contributed by atoms with Gasteiger partial charge < -0.3 is 5.32 Å². The Morgan fingerprint density at radius 1 is 1.29 bits per heavy atom. The highest BCUT2D eigenvalue weighted by Crippen LogP contribution is 2.21. The van der Waals surface area contributed by atoms with Crippen molar-refractivity contribution in [3.63, 3.8) is 0 Å². The van der Waals surface area contributed by atoms with Crippen LogP contribution in [0.15, 0.2) is 18.2 Å². The normalized spacial score (nSPS) is 10.3. The number of carbonyl (C=O) groups excluding carboxylic acids is 1. The number of hydrogen-bond acceptors (Lipinski definition) is 2. The summed E-state index contributed by atoms with van der Waals surface area (Å²) in [5.74, 6) is 0.370. The zero-order valence-electron chi connectivity index (χ0n) is 12.0. The van der Waals surface area contributed by atoms with Gasteiger partial charge in [-0.2, -0.15) is 0 Å². The number of hydrogen-bond donors (Lipinski definition) is 3. The van der Waals surface area contributed by atoms with E-state index in [9.17, 15) is 4.79 Å². The molecule has 0 aliphatic rings. The van der Waals surface area contributed by atoms with Crippen LogP contribution >= 0.6 is 35.4 Å². The molecule has 0 saturated heterocycles. The lowest BCUT2D eigenvalue weighted by molar-refractivity contribution is -0.121. The number of carbonyl (C=O) groups is 1. The molecule has 1 rings (SSSR count). The van der Waals surface area contributed by atoms with E-state index in [0.717, 1.165) is 13.0 Å². The fourth-order valence-corrected chi connectivity index (χ4v) is 2.16. The largest absolute Gasteiger partial charge is 0.361 e. The number of hydrazine groups is 1. The van der Waals surface area contributed by atoms with Gasteiger partial charge in [-0.1, -0.05) is 43.1 Å². The maximum absolute atomic E-state index is 11.8. The van der Waals surface area contributed by atoms with Gasteiger partial charge in [-0.3, -0.25) is 15.6 Å². The summed E-state index contributed by atoms with van der Waals surface area (Å²) in [4.78, 5) is 11.8. The van der Waals surface area contributed by atoms with E-state index in [2.05, 4.69) is 30.0 Å². The van der Waals surface area contributed by atoms with Crippen LogP contribution in [0.2, 0.25) is 10.0 Å². The van der Waals surface area contributed by atoms with Gasteiger partial charge in [0.1, 0.15) is 0 Å². The maximum atomic E-state index is 11.8.